The first-order chi connectivity index (χ1) is 13.1. The van der Waals surface area contributed by atoms with Crippen LogP contribution in [-0.2, 0) is 4.79 Å². The highest BCUT2D eigenvalue weighted by atomic mass is 16.5. The number of carbonyl (C=O) groups is 1. The largest absolute Gasteiger partial charge is 0.493 e. The van der Waals surface area contributed by atoms with E-state index in [0.717, 1.165) is 23.3 Å². The highest BCUT2D eigenvalue weighted by molar-refractivity contribution is 5.99. The average molecular weight is 370 g/mol. The second-order valence-corrected chi connectivity index (χ2v) is 6.84. The van der Waals surface area contributed by atoms with Crippen LogP contribution in [0.3, 0.4) is 0 Å². The van der Waals surface area contributed by atoms with Crippen LogP contribution in [0.15, 0.2) is 29.7 Å². The van der Waals surface area contributed by atoms with Crippen molar-refractivity contribution in [3.8, 4) is 17.2 Å². The Morgan fingerprint density at radius 1 is 1.11 bits per heavy atom. The molecule has 1 N–H and O–H groups in total. The minimum absolute atomic E-state index is 0.121. The van der Waals surface area contributed by atoms with E-state index in [-0.39, 0.29) is 5.78 Å². The molecule has 2 aromatic rings. The molecule has 0 amide bonds. The lowest BCUT2D eigenvalue weighted by Crippen LogP contribution is -2.33. The number of allylic oxidation sites excluding steroid dienone is 2. The molecule has 2 atom stereocenters. The number of fused-ring (bicyclic) bond motifs is 1. The zero-order chi connectivity index (χ0) is 19.1. The van der Waals surface area contributed by atoms with Gasteiger partial charge in [0.15, 0.2) is 17.3 Å². The molecular formula is C19H22N4O4. The number of Topliss-reactive ketones (excluding diaryl/α,β-unsaturated/α-hetero) is 1. The molecule has 27 heavy (non-hydrogen) atoms. The van der Waals surface area contributed by atoms with Gasteiger partial charge in [0, 0.05) is 17.7 Å². The van der Waals surface area contributed by atoms with Crippen molar-refractivity contribution in [2.75, 3.05) is 26.6 Å². The van der Waals surface area contributed by atoms with Gasteiger partial charge in [-0.25, -0.2) is 4.68 Å². The van der Waals surface area contributed by atoms with E-state index in [2.05, 4.69) is 22.3 Å². The second kappa shape index (κ2) is 6.61. The van der Waals surface area contributed by atoms with E-state index >= 15 is 0 Å². The molecule has 0 fully saturated rings. The Morgan fingerprint density at radius 2 is 1.81 bits per heavy atom. The lowest BCUT2D eigenvalue weighted by Gasteiger charge is -2.34. The Labute approximate surface area is 157 Å². The number of rotatable bonds is 4. The number of nitrogens with zero attached hydrogens (tertiary/aromatic N) is 3. The summed E-state index contributed by atoms with van der Waals surface area (Å²) in [5.74, 6) is 2.61. The number of anilines is 1. The van der Waals surface area contributed by atoms with Crippen molar-refractivity contribution in [2.45, 2.75) is 25.8 Å². The topological polar surface area (TPSA) is 87.5 Å². The number of ether oxygens (including phenoxy) is 3. The van der Waals surface area contributed by atoms with Crippen molar-refractivity contribution >= 4 is 11.7 Å². The second-order valence-electron chi connectivity index (χ2n) is 6.84. The molecule has 0 radical (unpaired) electrons. The third-order valence-corrected chi connectivity index (χ3v) is 5.07. The van der Waals surface area contributed by atoms with E-state index in [0.29, 0.717) is 35.5 Å². The molecule has 1 aliphatic heterocycles. The predicted octanol–water partition coefficient (Wildman–Crippen LogP) is 2.57. The van der Waals surface area contributed by atoms with Crippen LogP contribution in [0.4, 0.5) is 5.95 Å². The lowest BCUT2D eigenvalue weighted by atomic mass is 9.81. The Kier molecular flexibility index (Phi) is 4.25. The van der Waals surface area contributed by atoms with Crippen molar-refractivity contribution < 1.29 is 19.0 Å². The molecule has 0 saturated carbocycles. The van der Waals surface area contributed by atoms with Crippen molar-refractivity contribution in [3.63, 3.8) is 0 Å². The summed E-state index contributed by atoms with van der Waals surface area (Å²) in [6, 6.07) is 3.32. The smallest absolute Gasteiger partial charge is 0.226 e. The summed E-state index contributed by atoms with van der Waals surface area (Å²) in [5, 5.41) is 7.64. The number of aromatic nitrogens is 3. The van der Waals surface area contributed by atoms with Gasteiger partial charge >= 0.3 is 0 Å². The van der Waals surface area contributed by atoms with Crippen LogP contribution in [0, 0.1) is 5.92 Å². The molecule has 142 valence electrons. The molecule has 2 heterocycles. The molecular weight excluding hydrogens is 348 g/mol. The minimum atomic E-state index is -0.396. The summed E-state index contributed by atoms with van der Waals surface area (Å²) < 4.78 is 18.1. The maximum absolute atomic E-state index is 12.9. The number of nitrogens with one attached hydrogen (secondary N) is 1. The zero-order valence-corrected chi connectivity index (χ0v) is 15.8. The van der Waals surface area contributed by atoms with Gasteiger partial charge in [-0.15, -0.1) is 0 Å². The van der Waals surface area contributed by atoms with Gasteiger partial charge in [-0.3, -0.25) is 4.79 Å². The number of hydrogen-bond acceptors (Lipinski definition) is 7. The molecule has 8 heteroatoms. The monoisotopic (exact) mass is 370 g/mol. The van der Waals surface area contributed by atoms with Gasteiger partial charge in [0.25, 0.3) is 0 Å². The molecule has 0 bridgehead atoms. The number of benzene rings is 1. The summed E-state index contributed by atoms with van der Waals surface area (Å²) in [6.45, 7) is 2.08. The van der Waals surface area contributed by atoms with Gasteiger partial charge < -0.3 is 19.5 Å². The van der Waals surface area contributed by atoms with Gasteiger partial charge in [0.05, 0.1) is 21.3 Å². The van der Waals surface area contributed by atoms with E-state index in [4.69, 9.17) is 14.2 Å². The summed E-state index contributed by atoms with van der Waals surface area (Å²) in [7, 11) is 4.71. The fourth-order valence-corrected chi connectivity index (χ4v) is 3.91. The quantitative estimate of drug-likeness (QED) is 0.885. The molecule has 0 saturated heterocycles. The van der Waals surface area contributed by atoms with E-state index < -0.39 is 6.04 Å². The first-order valence-electron chi connectivity index (χ1n) is 8.80. The van der Waals surface area contributed by atoms with Crippen LogP contribution in [-0.4, -0.2) is 41.9 Å². The highest BCUT2D eigenvalue weighted by Crippen LogP contribution is 2.45. The van der Waals surface area contributed by atoms with Crippen LogP contribution < -0.4 is 19.5 Å². The van der Waals surface area contributed by atoms with Gasteiger partial charge in [-0.2, -0.15) is 10.1 Å². The maximum Gasteiger partial charge on any atom is 0.226 e. The normalized spacial score (nSPS) is 21.3. The molecule has 1 aromatic heterocycles. The summed E-state index contributed by atoms with van der Waals surface area (Å²) in [6.07, 6.45) is 2.81. The SMILES string of the molecule is COc1cc([C@H]2C3=C(C[C@H](C)CC3=O)Nc3ncnn32)cc(OC)c1OC. The van der Waals surface area contributed by atoms with E-state index in [1.54, 1.807) is 26.0 Å². The molecule has 1 aliphatic carbocycles. The summed E-state index contributed by atoms with van der Waals surface area (Å²) >= 11 is 0. The number of hydrogen-bond donors (Lipinski definition) is 1. The lowest BCUT2D eigenvalue weighted by molar-refractivity contribution is -0.117. The van der Waals surface area contributed by atoms with Crippen molar-refractivity contribution in [1.29, 1.82) is 0 Å². The fraction of sp³-hybridized carbons (Fsp3) is 0.421. The summed E-state index contributed by atoms with van der Waals surface area (Å²) in [5.41, 5.74) is 2.46. The molecule has 1 aromatic carbocycles. The van der Waals surface area contributed by atoms with Crippen molar-refractivity contribution in [3.05, 3.63) is 35.3 Å². The third-order valence-electron chi connectivity index (χ3n) is 5.07. The Morgan fingerprint density at radius 3 is 2.44 bits per heavy atom. The first-order valence-corrected chi connectivity index (χ1v) is 8.80. The molecule has 4 rings (SSSR count). The Hall–Kier alpha value is -3.03. The van der Waals surface area contributed by atoms with Crippen LogP contribution in [0.5, 0.6) is 17.2 Å². The third kappa shape index (κ3) is 2.72. The summed E-state index contributed by atoms with van der Waals surface area (Å²) in [4.78, 5) is 17.2. The first kappa shape index (κ1) is 17.4. The van der Waals surface area contributed by atoms with Crippen LogP contribution in [0.25, 0.3) is 0 Å². The van der Waals surface area contributed by atoms with Crippen LogP contribution >= 0.6 is 0 Å². The molecule has 8 nitrogen and oxygen atoms in total. The Balaban J connectivity index is 1.93. The van der Waals surface area contributed by atoms with Crippen molar-refractivity contribution in [2.24, 2.45) is 5.92 Å². The Bertz CT molecular complexity index is 909. The van der Waals surface area contributed by atoms with Gasteiger partial charge in [-0.1, -0.05) is 6.92 Å². The number of ketones is 1. The minimum Gasteiger partial charge on any atom is -0.493 e. The number of methoxy groups -OCH3 is 3. The number of carbonyl (C=O) groups excluding carboxylic acids is 1. The van der Waals surface area contributed by atoms with Crippen molar-refractivity contribution in [1.82, 2.24) is 14.8 Å². The molecule has 2 aliphatic rings. The van der Waals surface area contributed by atoms with Gasteiger partial charge in [-0.05, 0) is 30.0 Å². The van der Waals surface area contributed by atoms with E-state index in [1.807, 2.05) is 12.1 Å². The highest BCUT2D eigenvalue weighted by Gasteiger charge is 2.38. The van der Waals surface area contributed by atoms with E-state index in [9.17, 15) is 4.79 Å². The van der Waals surface area contributed by atoms with Gasteiger partial charge in [0.1, 0.15) is 12.4 Å². The van der Waals surface area contributed by atoms with Crippen LogP contribution in [0.1, 0.15) is 31.4 Å². The van der Waals surface area contributed by atoms with Gasteiger partial charge in [0.2, 0.25) is 11.7 Å². The predicted molar refractivity (Wildman–Crippen MR) is 98.3 cm³/mol. The fourth-order valence-electron chi connectivity index (χ4n) is 3.91. The molecule has 0 unspecified atom stereocenters. The standard InChI is InChI=1S/C19H22N4O4/c1-10-5-12-16(13(24)6-10)17(23-19(22-12)20-9-21-23)11-7-14(25-2)18(27-4)15(8-11)26-3/h7-10,17H,5-6H2,1-4H3,(H,20,21,22)/t10-,17-/m0/s1. The van der Waals surface area contributed by atoms with Crippen LogP contribution in [0.2, 0.25) is 0 Å². The van der Waals surface area contributed by atoms with E-state index in [1.165, 1.54) is 6.33 Å². The maximum atomic E-state index is 12.9. The average Bonchev–Trinajstić information content (AvgIpc) is 3.12. The zero-order valence-electron chi connectivity index (χ0n) is 15.8. The molecule has 0 spiro atoms.